The number of rotatable bonds is 24. The van der Waals surface area contributed by atoms with Crippen molar-refractivity contribution in [2.75, 3.05) is 138 Å². The van der Waals surface area contributed by atoms with Gasteiger partial charge in [0.05, 0.1) is 62.5 Å². The summed E-state index contributed by atoms with van der Waals surface area (Å²) in [4.78, 5) is 126. The molecule has 0 spiro atoms. The summed E-state index contributed by atoms with van der Waals surface area (Å²) in [6.07, 6.45) is 6.48. The number of anilines is 9. The minimum atomic E-state index is -4.08. The maximum atomic E-state index is 13.2. The molecule has 40 heteroatoms. The summed E-state index contributed by atoms with van der Waals surface area (Å²) in [5.41, 5.74) is 7.81. The molecule has 6 aliphatic rings. The van der Waals surface area contributed by atoms with E-state index in [9.17, 15) is 68.4 Å². The number of likely N-dealkylation sites (tertiary alicyclic amines) is 2. The van der Waals surface area contributed by atoms with Crippen LogP contribution < -0.4 is 60.8 Å². The lowest BCUT2D eigenvalue weighted by molar-refractivity contribution is -0.118. The standard InChI is InChI=1S/C27H28ClN5O5S2.C26H26ClN5O6S2.C26H26ClN5O5S2/c28-23-10-11-25(39-23)40(37,38)31-27(36)30-19-4-7-21(8-5-19)33-24(34)17-18-16-20(6-9-22(18)26(33)35)29-12-15-32-13-2-1-3-14-32;27-22-7-8-24(39-22)40(36,37)30-26(35)29-18-1-4-20(5-2-18)32-23(33)16-17-15-19(3-6-21(17)25(32)34)28-9-10-31-11-13-38-14-12-31;27-22-9-10-24(38-22)39(36,37)30-26(35)29-18-3-6-20(7-4-18)32-23(33)16-17-15-19(5-8-21(17)25(32)34)28-11-14-31-12-1-2-13-31/h4-11,16,29H,1-3,12-15,17H2,(H2,30,31,36);1-8,15,28H,9-14,16H2,(H2,29,30,35);3-10,15,28H,1-2,11-14,16H2,(H2,29,30,35). The van der Waals surface area contributed by atoms with Gasteiger partial charge in [-0.05, 0) is 232 Å². The van der Waals surface area contributed by atoms with Crippen molar-refractivity contribution in [3.05, 3.63) is 210 Å². The molecule has 9 N–H and O–H groups in total. The van der Waals surface area contributed by atoms with Crippen LogP contribution in [0.4, 0.5) is 65.6 Å². The van der Waals surface area contributed by atoms with Crippen molar-refractivity contribution in [2.24, 2.45) is 0 Å². The Kier molecular flexibility index (Phi) is 28.2. The molecule has 3 aromatic heterocycles. The van der Waals surface area contributed by atoms with Gasteiger partial charge in [0.1, 0.15) is 12.6 Å². The van der Waals surface area contributed by atoms with E-state index >= 15 is 0 Å². The van der Waals surface area contributed by atoms with E-state index in [-0.39, 0.29) is 79.7 Å². The van der Waals surface area contributed by atoms with Crippen molar-refractivity contribution >= 4 is 204 Å². The predicted octanol–water partition coefficient (Wildman–Crippen LogP) is 12.1. The smallest absolute Gasteiger partial charge is 0.333 e. The van der Waals surface area contributed by atoms with Crippen LogP contribution in [0.25, 0.3) is 0 Å². The molecule has 0 atom stereocenters. The number of hydrogen-bond acceptors (Lipinski definition) is 25. The Morgan fingerprint density at radius 3 is 0.891 bits per heavy atom. The summed E-state index contributed by atoms with van der Waals surface area (Å²) in [5.74, 6) is -2.38. The normalized spacial score (nSPS) is 15.9. The van der Waals surface area contributed by atoms with Gasteiger partial charge >= 0.3 is 18.1 Å². The zero-order valence-corrected chi connectivity index (χ0v) is 70.6. The van der Waals surface area contributed by atoms with Gasteiger partial charge in [0.25, 0.3) is 47.8 Å². The lowest BCUT2D eigenvalue weighted by Crippen LogP contribution is -2.42. The molecular formula is C79H80Cl3N15O16S6. The number of hydrogen-bond donors (Lipinski definition) is 9. The summed E-state index contributed by atoms with van der Waals surface area (Å²) in [7, 11) is -12.2. The van der Waals surface area contributed by atoms with Gasteiger partial charge in [0.15, 0.2) is 0 Å². The molecule has 624 valence electrons. The number of nitrogens with zero attached hydrogens (tertiary/aromatic N) is 6. The third kappa shape index (κ3) is 22.4. The minimum Gasteiger partial charge on any atom is -0.384 e. The van der Waals surface area contributed by atoms with Crippen LogP contribution >= 0.6 is 68.8 Å². The van der Waals surface area contributed by atoms with Crippen LogP contribution in [0, 0.1) is 0 Å². The molecule has 9 aromatic rings. The van der Waals surface area contributed by atoms with E-state index in [0.717, 1.165) is 158 Å². The van der Waals surface area contributed by atoms with E-state index in [1.54, 1.807) is 18.2 Å². The Balaban J connectivity index is 0.000000155. The Hall–Kier alpha value is -10.4. The predicted molar refractivity (Wildman–Crippen MR) is 460 cm³/mol. The Morgan fingerprint density at radius 1 is 0.345 bits per heavy atom. The number of carbonyl (C=O) groups excluding carboxylic acids is 9. The van der Waals surface area contributed by atoms with E-state index in [1.807, 2.05) is 50.6 Å². The number of thiophene rings is 3. The van der Waals surface area contributed by atoms with Crippen molar-refractivity contribution in [1.29, 1.82) is 0 Å². The van der Waals surface area contributed by atoms with Gasteiger partial charge in [-0.15, -0.1) is 34.0 Å². The summed E-state index contributed by atoms with van der Waals surface area (Å²) in [6, 6.07) is 39.5. The van der Waals surface area contributed by atoms with Gasteiger partial charge in [-0.2, -0.15) is 0 Å². The van der Waals surface area contributed by atoms with E-state index in [1.165, 1.54) is 141 Å². The molecular weight excluding hydrogens is 1710 g/mol. The van der Waals surface area contributed by atoms with Crippen LogP contribution in [0.15, 0.2) is 176 Å². The molecule has 31 nitrogen and oxygen atoms in total. The second-order valence-corrected chi connectivity index (χ2v) is 38.8. The van der Waals surface area contributed by atoms with E-state index in [2.05, 4.69) is 46.6 Å². The fourth-order valence-electron chi connectivity index (χ4n) is 13.9. The Bertz CT molecular complexity index is 5450. The first kappa shape index (κ1) is 86.5. The van der Waals surface area contributed by atoms with Gasteiger partial charge in [-0.1, -0.05) is 41.2 Å². The molecule has 6 aliphatic heterocycles. The molecule has 3 saturated heterocycles. The quantitative estimate of drug-likeness (QED) is 0.0254. The summed E-state index contributed by atoms with van der Waals surface area (Å²) < 4.78 is 85.5. The maximum absolute atomic E-state index is 13.2. The molecule has 9 heterocycles. The van der Waals surface area contributed by atoms with Crippen LogP contribution in [0.2, 0.25) is 13.0 Å². The number of carbonyl (C=O) groups is 9. The van der Waals surface area contributed by atoms with Crippen molar-refractivity contribution in [3.63, 3.8) is 0 Å². The summed E-state index contributed by atoms with van der Waals surface area (Å²) in [6.45, 7) is 12.9. The number of nitrogens with one attached hydrogen (secondary N) is 9. The molecule has 119 heavy (non-hydrogen) atoms. The number of urea groups is 3. The fourth-order valence-corrected chi connectivity index (χ4v) is 21.0. The summed E-state index contributed by atoms with van der Waals surface area (Å²) in [5, 5.41) is 17.4. The first-order chi connectivity index (χ1) is 57.1. The molecule has 3 fully saturated rings. The molecule has 0 bridgehead atoms. The Morgan fingerprint density at radius 2 is 0.613 bits per heavy atom. The largest absolute Gasteiger partial charge is 0.384 e. The number of benzene rings is 6. The number of morpholine rings is 1. The van der Waals surface area contributed by atoms with Gasteiger partial charge in [-0.3, -0.25) is 33.7 Å². The number of amides is 12. The van der Waals surface area contributed by atoms with Crippen LogP contribution in [-0.4, -0.2) is 185 Å². The molecule has 0 unspecified atom stereocenters. The van der Waals surface area contributed by atoms with E-state index in [0.29, 0.717) is 50.4 Å². The van der Waals surface area contributed by atoms with Crippen molar-refractivity contribution in [1.82, 2.24) is 28.9 Å². The topological polar surface area (TPSA) is 393 Å². The minimum absolute atomic E-state index is 0.0626. The molecule has 15 rings (SSSR count). The van der Waals surface area contributed by atoms with Gasteiger partial charge in [0.2, 0.25) is 17.7 Å². The van der Waals surface area contributed by atoms with Crippen LogP contribution in [0.1, 0.15) is 79.9 Å². The highest BCUT2D eigenvalue weighted by Gasteiger charge is 2.36. The number of ether oxygens (including phenoxy) is 1. The number of imide groups is 3. The van der Waals surface area contributed by atoms with E-state index < -0.39 is 65.9 Å². The fraction of sp³-hybridized carbons (Fsp3) is 0.278. The molecule has 6 aromatic carbocycles. The third-order valence-corrected chi connectivity index (χ3v) is 28.8. The number of piperidine rings is 1. The first-order valence-corrected chi connectivity index (χ1v) is 45.7. The SMILES string of the molecule is O=C(Nc1ccc(N2C(=O)Cc3cc(NCCN4CCCC4)ccc3C2=O)cc1)NS(=O)(=O)c1ccc(Cl)s1.O=C(Nc1ccc(N2C(=O)Cc3cc(NCCN4CCCCC4)ccc3C2=O)cc1)NS(=O)(=O)c1ccc(Cl)s1.O=C(Nc1ccc(N2C(=O)Cc3cc(NCCN4CCOCC4)ccc3C2=O)cc1)NS(=O)(=O)c1ccc(Cl)s1. The average Bonchev–Trinajstić information content (AvgIpc) is 1.48. The Labute approximate surface area is 712 Å². The average molecular weight is 1790 g/mol. The van der Waals surface area contributed by atoms with Gasteiger partial charge in [0, 0.05) is 103 Å². The van der Waals surface area contributed by atoms with Crippen LogP contribution in [0.3, 0.4) is 0 Å². The van der Waals surface area contributed by atoms with E-state index in [4.69, 9.17) is 39.5 Å². The zero-order valence-electron chi connectivity index (χ0n) is 63.4. The monoisotopic (exact) mass is 1790 g/mol. The number of halogens is 3. The van der Waals surface area contributed by atoms with Crippen molar-refractivity contribution < 1.29 is 73.1 Å². The summed E-state index contributed by atoms with van der Waals surface area (Å²) >= 11 is 19.8. The first-order valence-electron chi connectivity index (χ1n) is 37.6. The highest BCUT2D eigenvalue weighted by Crippen LogP contribution is 2.35. The van der Waals surface area contributed by atoms with Gasteiger partial charge < -0.3 is 46.4 Å². The molecule has 0 aliphatic carbocycles. The number of sulfonamides is 3. The van der Waals surface area contributed by atoms with Crippen molar-refractivity contribution in [3.8, 4) is 0 Å². The zero-order chi connectivity index (χ0) is 84.1. The second-order valence-electron chi connectivity index (χ2n) is 27.9. The lowest BCUT2D eigenvalue weighted by atomic mass is 9.97. The lowest BCUT2D eigenvalue weighted by Gasteiger charge is -2.28. The molecule has 0 radical (unpaired) electrons. The van der Waals surface area contributed by atoms with Crippen LogP contribution in [-0.2, 0) is 68.5 Å². The second kappa shape index (κ2) is 38.8. The van der Waals surface area contributed by atoms with Crippen LogP contribution in [0.5, 0.6) is 0 Å². The van der Waals surface area contributed by atoms with Gasteiger partial charge in [-0.25, -0.2) is 68.5 Å². The molecule has 12 amide bonds. The molecule has 0 saturated carbocycles. The highest BCUT2D eigenvalue weighted by atomic mass is 35.5. The number of fused-ring (bicyclic) bond motifs is 3. The third-order valence-electron chi connectivity index (χ3n) is 19.7. The van der Waals surface area contributed by atoms with Crippen molar-refractivity contribution in [2.45, 2.75) is 64.0 Å². The maximum Gasteiger partial charge on any atom is 0.333 e. The highest BCUT2D eigenvalue weighted by molar-refractivity contribution is 7.93.